The Labute approximate surface area is 291 Å². The third-order valence-corrected chi connectivity index (χ3v) is 14.1. The summed E-state index contributed by atoms with van der Waals surface area (Å²) in [4.78, 5) is 5.48. The minimum atomic E-state index is 1.06. The highest BCUT2D eigenvalue weighted by Gasteiger charge is 2.19. The van der Waals surface area contributed by atoms with Crippen LogP contribution in [0.15, 0.2) is 140 Å². The van der Waals surface area contributed by atoms with Crippen molar-refractivity contribution >= 4 is 116 Å². The smallest absolute Gasteiger partial charge is 0.124 e. The number of rotatable bonds is 3. The molecule has 0 bridgehead atoms. The molecule has 0 unspecified atom stereocenters. The Morgan fingerprint density at radius 2 is 0.750 bits per heavy atom. The zero-order valence-electron chi connectivity index (χ0n) is 25.4. The van der Waals surface area contributed by atoms with E-state index in [2.05, 4.69) is 140 Å². The van der Waals surface area contributed by atoms with Gasteiger partial charge in [-0.3, -0.25) is 0 Å². The third-order valence-electron chi connectivity index (χ3n) is 9.54. The predicted molar refractivity (Wildman–Crippen MR) is 215 cm³/mol. The number of hydrogen-bond acceptors (Lipinski definition) is 5. The Morgan fingerprint density at radius 1 is 0.333 bits per heavy atom. The van der Waals surface area contributed by atoms with E-state index in [0.717, 1.165) is 10.5 Å². The SMILES string of the molecule is c1ccc2c(c1)sc1ccc(-c3nc4c(-c5ccc6sc7ccccc7c6c5)ccc(-c5ccc6sc7ccccc7c6c5)c4s3)cc12. The Morgan fingerprint density at radius 3 is 1.29 bits per heavy atom. The van der Waals surface area contributed by atoms with Crippen molar-refractivity contribution < 1.29 is 0 Å². The lowest BCUT2D eigenvalue weighted by Crippen LogP contribution is -1.85. The Balaban J connectivity index is 1.16. The summed E-state index contributed by atoms with van der Waals surface area (Å²) >= 11 is 7.40. The van der Waals surface area contributed by atoms with Gasteiger partial charge in [0.05, 0.1) is 10.2 Å². The largest absolute Gasteiger partial charge is 0.235 e. The molecule has 7 aromatic carbocycles. The third kappa shape index (κ3) is 4.03. The number of nitrogens with zero attached hydrogens (tertiary/aromatic N) is 1. The zero-order valence-corrected chi connectivity index (χ0v) is 28.6. The molecule has 48 heavy (non-hydrogen) atoms. The van der Waals surface area contributed by atoms with Crippen LogP contribution in [-0.2, 0) is 0 Å². The molecule has 11 aromatic rings. The Kier molecular flexibility index (Phi) is 5.81. The van der Waals surface area contributed by atoms with Gasteiger partial charge in [0.15, 0.2) is 0 Å². The van der Waals surface area contributed by atoms with Crippen molar-refractivity contribution in [2.75, 3.05) is 0 Å². The maximum Gasteiger partial charge on any atom is 0.124 e. The van der Waals surface area contributed by atoms with Gasteiger partial charge in [-0.2, -0.15) is 0 Å². The summed E-state index contributed by atoms with van der Waals surface area (Å²) in [6.07, 6.45) is 0. The first-order valence-corrected chi connectivity index (χ1v) is 19.2. The van der Waals surface area contributed by atoms with E-state index in [-0.39, 0.29) is 0 Å². The minimum absolute atomic E-state index is 1.06. The highest BCUT2D eigenvalue weighted by Crippen LogP contribution is 2.46. The van der Waals surface area contributed by atoms with E-state index in [9.17, 15) is 0 Å². The van der Waals surface area contributed by atoms with Crippen molar-refractivity contribution in [3.63, 3.8) is 0 Å². The van der Waals surface area contributed by atoms with E-state index >= 15 is 0 Å². The molecule has 0 amide bonds. The van der Waals surface area contributed by atoms with Crippen LogP contribution in [0.3, 0.4) is 0 Å². The van der Waals surface area contributed by atoms with Crippen molar-refractivity contribution in [1.82, 2.24) is 4.98 Å². The van der Waals surface area contributed by atoms with Gasteiger partial charge in [0.25, 0.3) is 0 Å². The summed E-state index contributed by atoms with van der Waals surface area (Å²) in [7, 11) is 0. The first-order chi connectivity index (χ1) is 23.7. The van der Waals surface area contributed by atoms with Gasteiger partial charge >= 0.3 is 0 Å². The van der Waals surface area contributed by atoms with E-state index in [1.807, 2.05) is 45.3 Å². The first kappa shape index (κ1) is 27.1. The summed E-state index contributed by atoms with van der Waals surface area (Å²) in [6.45, 7) is 0. The van der Waals surface area contributed by atoms with Crippen molar-refractivity contribution in [3.05, 3.63) is 140 Å². The lowest BCUT2D eigenvalue weighted by Gasteiger charge is -2.09. The molecule has 1 nitrogen and oxygen atoms in total. The maximum atomic E-state index is 5.48. The molecule has 0 aliphatic carbocycles. The van der Waals surface area contributed by atoms with Crippen LogP contribution in [0.4, 0.5) is 0 Å². The van der Waals surface area contributed by atoms with Gasteiger partial charge in [0, 0.05) is 77.2 Å². The molecule has 0 fully saturated rings. The summed E-state index contributed by atoms with van der Waals surface area (Å²) in [5.41, 5.74) is 7.09. The molecule has 224 valence electrons. The average Bonchev–Trinajstić information content (AvgIpc) is 3.91. The van der Waals surface area contributed by atoms with Gasteiger partial charge in [0.1, 0.15) is 5.01 Å². The van der Waals surface area contributed by atoms with Crippen LogP contribution in [0.25, 0.3) is 104 Å². The van der Waals surface area contributed by atoms with E-state index in [0.29, 0.717) is 0 Å². The van der Waals surface area contributed by atoms with Gasteiger partial charge in [-0.05, 0) is 65.7 Å². The molecule has 0 saturated heterocycles. The Bertz CT molecular complexity index is 2930. The van der Waals surface area contributed by atoms with Crippen LogP contribution in [0.5, 0.6) is 0 Å². The van der Waals surface area contributed by atoms with Gasteiger partial charge in [-0.15, -0.1) is 45.3 Å². The second-order valence-corrected chi connectivity index (χ2v) is 16.5. The van der Waals surface area contributed by atoms with Crippen LogP contribution < -0.4 is 0 Å². The highest BCUT2D eigenvalue weighted by molar-refractivity contribution is 7.26. The fraction of sp³-hybridized carbons (Fsp3) is 0. The molecule has 5 heteroatoms. The zero-order chi connectivity index (χ0) is 31.3. The monoisotopic (exact) mass is 681 g/mol. The number of thiophene rings is 3. The lowest BCUT2D eigenvalue weighted by atomic mass is 9.97. The molecule has 0 N–H and O–H groups in total. The summed E-state index contributed by atoms with van der Waals surface area (Å²) in [6, 6.07) is 51.6. The molecule has 11 rings (SSSR count). The van der Waals surface area contributed by atoms with E-state index < -0.39 is 0 Å². The minimum Gasteiger partial charge on any atom is -0.235 e. The first-order valence-electron chi connectivity index (χ1n) is 15.9. The molecular formula is C43H23NS4. The van der Waals surface area contributed by atoms with E-state index in [1.54, 1.807) is 0 Å². The fourth-order valence-corrected chi connectivity index (χ4v) is 11.6. The standard InChI is InChI=1S/C43H23NS4/c1-4-10-35-29(7-1)32-21-24(13-18-38(32)45-35)27-16-17-28(25-14-19-39-33(22-25)30-8-2-5-11-36(30)46-39)42-41(27)44-43(48-42)26-15-20-40-34(23-26)31-9-3-6-12-37(31)47-40/h1-23H. The predicted octanol–water partition coefficient (Wildman–Crippen LogP) is 14.4. The van der Waals surface area contributed by atoms with Gasteiger partial charge in [-0.25, -0.2) is 4.98 Å². The second-order valence-electron chi connectivity index (χ2n) is 12.3. The summed E-state index contributed by atoms with van der Waals surface area (Å²) in [5.74, 6) is 0. The molecule has 4 aromatic heterocycles. The molecule has 0 radical (unpaired) electrons. The highest BCUT2D eigenvalue weighted by atomic mass is 32.1. The summed E-state index contributed by atoms with van der Waals surface area (Å²) < 4.78 is 9.17. The molecule has 0 spiro atoms. The molecule has 0 saturated carbocycles. The number of thiazole rings is 1. The quantitative estimate of drug-likeness (QED) is 0.181. The Hall–Kier alpha value is -4.91. The normalized spacial score (nSPS) is 12.2. The van der Waals surface area contributed by atoms with Crippen LogP contribution in [0, 0.1) is 0 Å². The van der Waals surface area contributed by atoms with E-state index in [1.165, 1.54) is 93.0 Å². The van der Waals surface area contributed by atoms with Crippen LogP contribution >= 0.6 is 45.3 Å². The molecule has 0 atom stereocenters. The molecule has 0 aliphatic heterocycles. The lowest BCUT2D eigenvalue weighted by molar-refractivity contribution is 1.48. The fourth-order valence-electron chi connectivity index (χ4n) is 7.24. The van der Waals surface area contributed by atoms with Crippen LogP contribution in [0.2, 0.25) is 0 Å². The van der Waals surface area contributed by atoms with Gasteiger partial charge in [0.2, 0.25) is 0 Å². The van der Waals surface area contributed by atoms with Gasteiger partial charge in [-0.1, -0.05) is 84.9 Å². The molecule has 0 aliphatic rings. The number of fused-ring (bicyclic) bond motifs is 10. The summed E-state index contributed by atoms with van der Waals surface area (Å²) in [5, 5.41) is 8.94. The number of hydrogen-bond donors (Lipinski definition) is 0. The molecular weight excluding hydrogens is 659 g/mol. The van der Waals surface area contributed by atoms with Crippen molar-refractivity contribution in [2.45, 2.75) is 0 Å². The van der Waals surface area contributed by atoms with Crippen molar-refractivity contribution in [2.24, 2.45) is 0 Å². The van der Waals surface area contributed by atoms with Gasteiger partial charge < -0.3 is 0 Å². The second kappa shape index (κ2) is 10.3. The van der Waals surface area contributed by atoms with E-state index in [4.69, 9.17) is 4.98 Å². The topological polar surface area (TPSA) is 12.9 Å². The maximum absolute atomic E-state index is 5.48. The van der Waals surface area contributed by atoms with Crippen LogP contribution in [0.1, 0.15) is 0 Å². The average molecular weight is 682 g/mol. The number of benzene rings is 7. The van der Waals surface area contributed by atoms with Crippen molar-refractivity contribution in [3.8, 4) is 32.8 Å². The number of aromatic nitrogens is 1. The van der Waals surface area contributed by atoms with Crippen LogP contribution in [-0.4, -0.2) is 4.98 Å². The van der Waals surface area contributed by atoms with Crippen molar-refractivity contribution in [1.29, 1.82) is 0 Å². The molecule has 4 heterocycles.